The van der Waals surface area contributed by atoms with E-state index in [4.69, 9.17) is 27.9 Å². The zero-order valence-corrected chi connectivity index (χ0v) is 15.8. The van der Waals surface area contributed by atoms with Gasteiger partial charge in [0.2, 0.25) is 0 Å². The highest BCUT2D eigenvalue weighted by atomic mass is 35.5. The molecule has 9 heteroatoms. The molecule has 3 heterocycles. The monoisotopic (exact) mass is 397 g/mol. The third-order valence-electron chi connectivity index (χ3n) is 3.76. The summed E-state index contributed by atoms with van der Waals surface area (Å²) in [7, 11) is 0. The van der Waals surface area contributed by atoms with Crippen LogP contribution in [0, 0.1) is 13.8 Å². The number of thiophene rings is 1. The number of fused-ring (bicyclic) bond motifs is 1. The Labute approximate surface area is 156 Å². The fourth-order valence-electron chi connectivity index (χ4n) is 2.28. The lowest BCUT2D eigenvalue weighted by atomic mass is 10.2. The Hall–Kier alpha value is -1.96. The van der Waals surface area contributed by atoms with Gasteiger partial charge in [-0.15, -0.1) is 11.3 Å². The van der Waals surface area contributed by atoms with E-state index in [0.29, 0.717) is 10.2 Å². The standard InChI is InChI=1S/C16H13Cl2N3O3S/c1-6-8(3)25-15-11(6)14(22)20-13(21-15)7(2)24-16(23)9-4-10(17)12(18)19-5-9/h4-5,7H,1-3H3,(H,20,21,22)/t7-/m0/s1. The summed E-state index contributed by atoms with van der Waals surface area (Å²) in [5.41, 5.74) is 0.820. The number of ether oxygens (including phenoxy) is 1. The normalized spacial score (nSPS) is 12.4. The largest absolute Gasteiger partial charge is 0.451 e. The lowest BCUT2D eigenvalue weighted by Gasteiger charge is -2.12. The van der Waals surface area contributed by atoms with E-state index >= 15 is 0 Å². The number of rotatable bonds is 3. The first-order chi connectivity index (χ1) is 11.8. The van der Waals surface area contributed by atoms with Gasteiger partial charge in [-0.25, -0.2) is 14.8 Å². The summed E-state index contributed by atoms with van der Waals surface area (Å²) in [4.78, 5) is 37.1. The van der Waals surface area contributed by atoms with Gasteiger partial charge in [-0.3, -0.25) is 4.79 Å². The number of hydrogen-bond acceptors (Lipinski definition) is 6. The second-order valence-electron chi connectivity index (χ2n) is 5.46. The van der Waals surface area contributed by atoms with E-state index in [9.17, 15) is 9.59 Å². The number of aromatic nitrogens is 3. The number of esters is 1. The first-order valence-electron chi connectivity index (χ1n) is 7.30. The van der Waals surface area contributed by atoms with Crippen molar-refractivity contribution in [3.8, 4) is 0 Å². The molecular formula is C16H13Cl2N3O3S. The molecule has 3 aromatic heterocycles. The van der Waals surface area contributed by atoms with Crippen molar-refractivity contribution in [2.45, 2.75) is 26.9 Å². The summed E-state index contributed by atoms with van der Waals surface area (Å²) in [6, 6.07) is 1.37. The molecule has 0 amide bonds. The molecule has 0 spiro atoms. The Kier molecular flexibility index (Phi) is 4.81. The number of aryl methyl sites for hydroxylation is 2. The van der Waals surface area contributed by atoms with Gasteiger partial charge in [0, 0.05) is 11.1 Å². The maximum atomic E-state index is 12.3. The first kappa shape index (κ1) is 17.8. The second-order valence-corrected chi connectivity index (χ2v) is 7.43. The van der Waals surface area contributed by atoms with Crippen molar-refractivity contribution < 1.29 is 9.53 Å². The molecule has 0 aromatic carbocycles. The van der Waals surface area contributed by atoms with Crippen LogP contribution in [0.4, 0.5) is 0 Å². The Morgan fingerprint density at radius 2 is 2.08 bits per heavy atom. The van der Waals surface area contributed by atoms with Crippen molar-refractivity contribution in [2.24, 2.45) is 0 Å². The second kappa shape index (κ2) is 6.74. The zero-order chi connectivity index (χ0) is 18.3. The highest BCUT2D eigenvalue weighted by molar-refractivity contribution is 7.18. The van der Waals surface area contributed by atoms with Gasteiger partial charge >= 0.3 is 5.97 Å². The highest BCUT2D eigenvalue weighted by Crippen LogP contribution is 2.27. The summed E-state index contributed by atoms with van der Waals surface area (Å²) < 4.78 is 5.35. The van der Waals surface area contributed by atoms with Crippen LogP contribution in [0.15, 0.2) is 17.1 Å². The van der Waals surface area contributed by atoms with Crippen molar-refractivity contribution in [2.75, 3.05) is 0 Å². The van der Waals surface area contributed by atoms with Crippen molar-refractivity contribution >= 4 is 50.7 Å². The Morgan fingerprint density at radius 3 is 2.76 bits per heavy atom. The van der Waals surface area contributed by atoms with Gasteiger partial charge in [-0.1, -0.05) is 23.2 Å². The fourth-order valence-corrected chi connectivity index (χ4v) is 3.59. The third-order valence-corrected chi connectivity index (χ3v) is 5.55. The molecule has 1 atom stereocenters. The molecule has 1 N–H and O–H groups in total. The minimum absolute atomic E-state index is 0.103. The molecule has 6 nitrogen and oxygen atoms in total. The van der Waals surface area contributed by atoms with E-state index in [1.54, 1.807) is 6.92 Å². The number of carbonyl (C=O) groups is 1. The van der Waals surface area contributed by atoms with Crippen molar-refractivity contribution in [1.29, 1.82) is 0 Å². The minimum Gasteiger partial charge on any atom is -0.451 e. The smallest absolute Gasteiger partial charge is 0.340 e. The van der Waals surface area contributed by atoms with E-state index in [-0.39, 0.29) is 27.1 Å². The predicted octanol–water partition coefficient (Wildman–Crippen LogP) is 4.22. The van der Waals surface area contributed by atoms with Crippen LogP contribution in [0.3, 0.4) is 0 Å². The molecular weight excluding hydrogens is 385 g/mol. The summed E-state index contributed by atoms with van der Waals surface area (Å²) >= 11 is 13.0. The Morgan fingerprint density at radius 1 is 1.36 bits per heavy atom. The van der Waals surface area contributed by atoms with Crippen molar-refractivity contribution in [3.63, 3.8) is 0 Å². The number of hydrogen-bond donors (Lipinski definition) is 1. The molecule has 0 saturated heterocycles. The molecule has 0 aliphatic carbocycles. The maximum Gasteiger partial charge on any atom is 0.340 e. The number of nitrogens with zero attached hydrogens (tertiary/aromatic N) is 2. The molecule has 0 aliphatic rings. The van der Waals surface area contributed by atoms with Gasteiger partial charge in [0.15, 0.2) is 11.9 Å². The van der Waals surface area contributed by atoms with Crippen LogP contribution in [0.5, 0.6) is 0 Å². The number of carbonyl (C=O) groups excluding carboxylic acids is 1. The quantitative estimate of drug-likeness (QED) is 0.528. The van der Waals surface area contributed by atoms with Crippen molar-refractivity contribution in [3.05, 3.63) is 54.6 Å². The van der Waals surface area contributed by atoms with Gasteiger partial charge in [0.05, 0.1) is 16.0 Å². The molecule has 130 valence electrons. The van der Waals surface area contributed by atoms with Crippen molar-refractivity contribution in [1.82, 2.24) is 15.0 Å². The number of nitrogens with one attached hydrogen (secondary N) is 1. The lowest BCUT2D eigenvalue weighted by Crippen LogP contribution is -2.17. The molecule has 0 radical (unpaired) electrons. The molecule has 0 saturated carbocycles. The van der Waals surface area contributed by atoms with Gasteiger partial charge in [0.1, 0.15) is 9.98 Å². The van der Waals surface area contributed by atoms with E-state index in [1.165, 1.54) is 23.6 Å². The molecule has 3 rings (SSSR count). The molecule has 0 bridgehead atoms. The van der Waals surface area contributed by atoms with Crippen LogP contribution in [0.25, 0.3) is 10.2 Å². The average molecular weight is 398 g/mol. The number of aromatic amines is 1. The highest BCUT2D eigenvalue weighted by Gasteiger charge is 2.19. The topological polar surface area (TPSA) is 84.9 Å². The summed E-state index contributed by atoms with van der Waals surface area (Å²) in [5.74, 6) is -0.361. The fraction of sp³-hybridized carbons (Fsp3) is 0.250. The molecule has 0 aliphatic heterocycles. The van der Waals surface area contributed by atoms with Crippen LogP contribution in [-0.2, 0) is 4.74 Å². The molecule has 25 heavy (non-hydrogen) atoms. The van der Waals surface area contributed by atoms with Crippen LogP contribution in [0.1, 0.15) is 39.7 Å². The van der Waals surface area contributed by atoms with E-state index in [1.807, 2.05) is 13.8 Å². The van der Waals surface area contributed by atoms with Crippen LogP contribution < -0.4 is 5.56 Å². The molecule has 0 fully saturated rings. The van der Waals surface area contributed by atoms with Gasteiger partial charge in [-0.05, 0) is 32.4 Å². The van der Waals surface area contributed by atoms with E-state index < -0.39 is 12.1 Å². The minimum atomic E-state index is -0.748. The SMILES string of the molecule is Cc1sc2nc([C@H](C)OC(=O)c3cnc(Cl)c(Cl)c3)[nH]c(=O)c2c1C. The van der Waals surface area contributed by atoms with Gasteiger partial charge < -0.3 is 9.72 Å². The average Bonchev–Trinajstić information content (AvgIpc) is 2.84. The van der Waals surface area contributed by atoms with Crippen LogP contribution in [0.2, 0.25) is 10.2 Å². The lowest BCUT2D eigenvalue weighted by molar-refractivity contribution is 0.0319. The van der Waals surface area contributed by atoms with Crippen LogP contribution >= 0.6 is 34.5 Å². The van der Waals surface area contributed by atoms with Gasteiger partial charge in [0.25, 0.3) is 5.56 Å². The van der Waals surface area contributed by atoms with E-state index in [0.717, 1.165) is 10.4 Å². The first-order valence-corrected chi connectivity index (χ1v) is 8.87. The summed E-state index contributed by atoms with van der Waals surface area (Å²) in [6.45, 7) is 5.44. The maximum absolute atomic E-state index is 12.3. The van der Waals surface area contributed by atoms with Gasteiger partial charge in [-0.2, -0.15) is 0 Å². The Balaban J connectivity index is 1.89. The van der Waals surface area contributed by atoms with E-state index in [2.05, 4.69) is 15.0 Å². The predicted molar refractivity (Wildman–Crippen MR) is 97.8 cm³/mol. The third kappa shape index (κ3) is 3.40. The zero-order valence-electron chi connectivity index (χ0n) is 13.5. The summed E-state index contributed by atoms with van der Waals surface area (Å²) in [5, 5.41) is 0.825. The number of pyridine rings is 1. The number of halogens is 2. The number of H-pyrrole nitrogens is 1. The molecule has 0 unspecified atom stereocenters. The summed E-state index contributed by atoms with van der Waals surface area (Å²) in [6.07, 6.45) is 0.524. The Bertz CT molecular complexity index is 1050. The van der Waals surface area contributed by atoms with Crippen LogP contribution in [-0.4, -0.2) is 20.9 Å². The molecule has 3 aromatic rings.